The van der Waals surface area contributed by atoms with Crippen molar-refractivity contribution in [1.82, 2.24) is 14.8 Å². The van der Waals surface area contributed by atoms with Gasteiger partial charge in [-0.1, -0.05) is 23.7 Å². The second-order valence-corrected chi connectivity index (χ2v) is 5.23. The molecule has 6 nitrogen and oxygen atoms in total. The standard InChI is InChI=1S/C15H14ClN3O3/c16-12-3-1-2-11(8-12)15-17-10-19(18-15)6-4-14(20)22-13-5-7-21-9-13/h1-4,6,8,10,13H,5,7,9H2/b6-4-. The monoisotopic (exact) mass is 319 g/mol. The third-order valence-corrected chi connectivity index (χ3v) is 3.36. The van der Waals surface area contributed by atoms with Crippen molar-refractivity contribution in [3.05, 3.63) is 41.7 Å². The maximum atomic E-state index is 11.7. The molecule has 1 aromatic carbocycles. The zero-order valence-electron chi connectivity index (χ0n) is 11.7. The van der Waals surface area contributed by atoms with Crippen LogP contribution in [0.3, 0.4) is 0 Å². The number of benzene rings is 1. The van der Waals surface area contributed by atoms with E-state index in [2.05, 4.69) is 10.1 Å². The molecule has 0 spiro atoms. The van der Waals surface area contributed by atoms with Gasteiger partial charge in [-0.3, -0.25) is 0 Å². The lowest BCUT2D eigenvalue weighted by molar-refractivity contribution is -0.142. The van der Waals surface area contributed by atoms with Crippen molar-refractivity contribution in [3.63, 3.8) is 0 Å². The van der Waals surface area contributed by atoms with Crippen LogP contribution >= 0.6 is 11.6 Å². The van der Waals surface area contributed by atoms with Gasteiger partial charge < -0.3 is 9.47 Å². The molecule has 0 N–H and O–H groups in total. The van der Waals surface area contributed by atoms with Crippen molar-refractivity contribution < 1.29 is 14.3 Å². The highest BCUT2D eigenvalue weighted by molar-refractivity contribution is 6.30. The highest BCUT2D eigenvalue weighted by Crippen LogP contribution is 2.18. The van der Waals surface area contributed by atoms with E-state index in [0.29, 0.717) is 24.1 Å². The van der Waals surface area contributed by atoms with Gasteiger partial charge in [-0.25, -0.2) is 14.5 Å². The van der Waals surface area contributed by atoms with Gasteiger partial charge in [-0.15, -0.1) is 5.10 Å². The Morgan fingerprint density at radius 1 is 1.50 bits per heavy atom. The average Bonchev–Trinajstić information content (AvgIpc) is 3.16. The first-order chi connectivity index (χ1) is 10.7. The fraction of sp³-hybridized carbons (Fsp3) is 0.267. The van der Waals surface area contributed by atoms with Gasteiger partial charge in [0.1, 0.15) is 12.4 Å². The van der Waals surface area contributed by atoms with Crippen molar-refractivity contribution in [2.75, 3.05) is 13.2 Å². The number of rotatable bonds is 4. The van der Waals surface area contributed by atoms with Crippen LogP contribution < -0.4 is 0 Å². The van der Waals surface area contributed by atoms with Gasteiger partial charge in [0.15, 0.2) is 5.82 Å². The fourth-order valence-corrected chi connectivity index (χ4v) is 2.24. The highest BCUT2D eigenvalue weighted by atomic mass is 35.5. The number of hydrogen-bond acceptors (Lipinski definition) is 5. The minimum atomic E-state index is -0.421. The summed E-state index contributed by atoms with van der Waals surface area (Å²) in [5.74, 6) is 0.111. The highest BCUT2D eigenvalue weighted by Gasteiger charge is 2.18. The molecule has 22 heavy (non-hydrogen) atoms. The molecule has 1 aliphatic heterocycles. The number of hydrogen-bond donors (Lipinski definition) is 0. The van der Waals surface area contributed by atoms with Crippen LogP contribution in [0.2, 0.25) is 5.02 Å². The van der Waals surface area contributed by atoms with Gasteiger partial charge in [0.25, 0.3) is 0 Å². The van der Waals surface area contributed by atoms with Gasteiger partial charge in [0.05, 0.1) is 13.2 Å². The van der Waals surface area contributed by atoms with Crippen molar-refractivity contribution in [2.24, 2.45) is 0 Å². The van der Waals surface area contributed by atoms with E-state index in [1.54, 1.807) is 12.1 Å². The molecule has 3 rings (SSSR count). The van der Waals surface area contributed by atoms with Crippen molar-refractivity contribution >= 4 is 23.8 Å². The Morgan fingerprint density at radius 2 is 2.41 bits per heavy atom. The molecular formula is C15H14ClN3O3. The zero-order chi connectivity index (χ0) is 15.4. The molecule has 1 fully saturated rings. The Hall–Kier alpha value is -2.18. The van der Waals surface area contributed by atoms with Crippen LogP contribution in [0.1, 0.15) is 6.42 Å². The number of ether oxygens (including phenoxy) is 2. The summed E-state index contributed by atoms with van der Waals surface area (Å²) in [6, 6.07) is 7.25. The summed E-state index contributed by atoms with van der Waals surface area (Å²) in [5, 5.41) is 4.87. The van der Waals surface area contributed by atoms with Crippen molar-refractivity contribution in [2.45, 2.75) is 12.5 Å². The van der Waals surface area contributed by atoms with Gasteiger partial charge in [0.2, 0.25) is 0 Å². The lowest BCUT2D eigenvalue weighted by atomic mass is 10.2. The molecule has 1 unspecified atom stereocenters. The lowest BCUT2D eigenvalue weighted by Crippen LogP contribution is -2.16. The maximum Gasteiger partial charge on any atom is 0.332 e. The predicted molar refractivity (Wildman–Crippen MR) is 81.1 cm³/mol. The first-order valence-corrected chi connectivity index (χ1v) is 7.22. The Bertz CT molecular complexity index is 693. The Kier molecular flexibility index (Phi) is 4.50. The van der Waals surface area contributed by atoms with E-state index in [9.17, 15) is 4.79 Å². The third kappa shape index (κ3) is 3.72. The van der Waals surface area contributed by atoms with Crippen LogP contribution in [0.5, 0.6) is 0 Å². The molecule has 0 aliphatic carbocycles. The summed E-state index contributed by atoms with van der Waals surface area (Å²) < 4.78 is 11.8. The molecule has 0 radical (unpaired) electrons. The number of nitrogens with zero attached hydrogens (tertiary/aromatic N) is 3. The van der Waals surface area contributed by atoms with Gasteiger partial charge >= 0.3 is 5.97 Å². The summed E-state index contributed by atoms with van der Waals surface area (Å²) in [4.78, 5) is 15.8. The molecule has 0 bridgehead atoms. The Morgan fingerprint density at radius 3 is 3.18 bits per heavy atom. The second-order valence-electron chi connectivity index (χ2n) is 4.80. The Labute approximate surface area is 132 Å². The molecule has 1 aromatic heterocycles. The second kappa shape index (κ2) is 6.72. The number of esters is 1. The van der Waals surface area contributed by atoms with Crippen LogP contribution in [0.15, 0.2) is 36.7 Å². The largest absolute Gasteiger partial charge is 0.457 e. The van der Waals surface area contributed by atoms with Gasteiger partial charge in [-0.2, -0.15) is 0 Å². The molecule has 2 aromatic rings. The molecule has 7 heteroatoms. The molecule has 114 valence electrons. The van der Waals surface area contributed by atoms with Crippen molar-refractivity contribution in [3.8, 4) is 11.4 Å². The Balaban J connectivity index is 1.63. The van der Waals surface area contributed by atoms with E-state index in [4.69, 9.17) is 21.1 Å². The fourth-order valence-electron chi connectivity index (χ4n) is 2.05. The third-order valence-electron chi connectivity index (χ3n) is 3.13. The summed E-state index contributed by atoms with van der Waals surface area (Å²) in [5.41, 5.74) is 0.810. The minimum Gasteiger partial charge on any atom is -0.457 e. The van der Waals surface area contributed by atoms with Gasteiger partial charge in [0, 0.05) is 29.3 Å². The average molecular weight is 320 g/mol. The molecular weight excluding hydrogens is 306 g/mol. The molecule has 1 aliphatic rings. The molecule has 2 heterocycles. The summed E-state index contributed by atoms with van der Waals surface area (Å²) >= 11 is 5.94. The van der Waals surface area contributed by atoms with Crippen LogP contribution in [-0.2, 0) is 14.3 Å². The topological polar surface area (TPSA) is 66.2 Å². The normalized spacial score (nSPS) is 18.0. The number of halogens is 1. The van der Waals surface area contributed by atoms with Crippen LogP contribution in [0.25, 0.3) is 17.6 Å². The zero-order valence-corrected chi connectivity index (χ0v) is 12.4. The number of carbonyl (C=O) groups is 1. The smallest absolute Gasteiger partial charge is 0.332 e. The van der Waals surface area contributed by atoms with Crippen LogP contribution in [0.4, 0.5) is 0 Å². The summed E-state index contributed by atoms with van der Waals surface area (Å²) in [7, 11) is 0. The SMILES string of the molecule is O=C(/C=C\n1cnc(-c2cccc(Cl)c2)n1)OC1CCOC1. The summed E-state index contributed by atoms with van der Waals surface area (Å²) in [6.45, 7) is 1.09. The molecule has 1 atom stereocenters. The van der Waals surface area contributed by atoms with E-state index < -0.39 is 5.97 Å². The lowest BCUT2D eigenvalue weighted by Gasteiger charge is -2.06. The molecule has 1 saturated heterocycles. The van der Waals surface area contributed by atoms with E-state index >= 15 is 0 Å². The first-order valence-electron chi connectivity index (χ1n) is 6.84. The van der Waals surface area contributed by atoms with Gasteiger partial charge in [-0.05, 0) is 12.1 Å². The number of aromatic nitrogens is 3. The van der Waals surface area contributed by atoms with Crippen molar-refractivity contribution in [1.29, 1.82) is 0 Å². The van der Waals surface area contributed by atoms with E-state index in [1.165, 1.54) is 23.3 Å². The van der Waals surface area contributed by atoms with Crippen LogP contribution in [-0.4, -0.2) is 40.1 Å². The van der Waals surface area contributed by atoms with Crippen LogP contribution in [0, 0.1) is 0 Å². The maximum absolute atomic E-state index is 11.7. The molecule has 0 amide bonds. The van der Waals surface area contributed by atoms with E-state index in [-0.39, 0.29) is 6.10 Å². The van der Waals surface area contributed by atoms with E-state index in [1.807, 2.05) is 12.1 Å². The summed E-state index contributed by atoms with van der Waals surface area (Å²) in [6.07, 6.45) is 4.91. The molecule has 0 saturated carbocycles. The predicted octanol–water partition coefficient (Wildman–Crippen LogP) is 2.40. The first kappa shape index (κ1) is 14.7. The minimum absolute atomic E-state index is 0.157. The number of carbonyl (C=O) groups excluding carboxylic acids is 1. The van der Waals surface area contributed by atoms with E-state index in [0.717, 1.165) is 12.0 Å². The quantitative estimate of drug-likeness (QED) is 0.639.